The van der Waals surface area contributed by atoms with Crippen molar-refractivity contribution < 1.29 is 13.7 Å². The fourth-order valence-corrected chi connectivity index (χ4v) is 2.27. The Hall–Kier alpha value is -1.99. The van der Waals surface area contributed by atoms with Crippen molar-refractivity contribution in [3.8, 4) is 0 Å². The van der Waals surface area contributed by atoms with E-state index in [1.807, 2.05) is 0 Å². The monoisotopic (exact) mass is 310 g/mol. The summed E-state index contributed by atoms with van der Waals surface area (Å²) in [7, 11) is 0. The molecule has 1 aromatic carbocycles. The Bertz CT molecular complexity index is 666. The van der Waals surface area contributed by atoms with Crippen molar-refractivity contribution in [1.82, 2.24) is 20.8 Å². The SMILES string of the molecule is O=C1CNC(c2nc(Cc3cccc(Cl)c3F)no2)CN1. The maximum atomic E-state index is 13.8. The average Bonchev–Trinajstić information content (AvgIpc) is 2.93. The Morgan fingerprint density at radius 1 is 1.48 bits per heavy atom. The van der Waals surface area contributed by atoms with Crippen molar-refractivity contribution >= 4 is 17.5 Å². The molecule has 0 saturated carbocycles. The fourth-order valence-electron chi connectivity index (χ4n) is 2.08. The highest BCUT2D eigenvalue weighted by Gasteiger charge is 2.24. The zero-order valence-corrected chi connectivity index (χ0v) is 11.7. The van der Waals surface area contributed by atoms with E-state index in [0.29, 0.717) is 23.8 Å². The molecule has 1 amide bonds. The number of carbonyl (C=O) groups excluding carboxylic acids is 1. The largest absolute Gasteiger partial charge is 0.353 e. The van der Waals surface area contributed by atoms with Crippen LogP contribution in [0.15, 0.2) is 22.7 Å². The van der Waals surface area contributed by atoms with Crippen molar-refractivity contribution in [2.45, 2.75) is 12.5 Å². The van der Waals surface area contributed by atoms with Crippen LogP contribution >= 0.6 is 11.6 Å². The van der Waals surface area contributed by atoms with Crippen LogP contribution in [0.4, 0.5) is 4.39 Å². The summed E-state index contributed by atoms with van der Waals surface area (Å²) in [5.41, 5.74) is 0.403. The maximum Gasteiger partial charge on any atom is 0.245 e. The first-order chi connectivity index (χ1) is 10.1. The first kappa shape index (κ1) is 14.0. The van der Waals surface area contributed by atoms with E-state index in [9.17, 15) is 9.18 Å². The van der Waals surface area contributed by atoms with E-state index in [4.69, 9.17) is 16.1 Å². The van der Waals surface area contributed by atoms with Gasteiger partial charge < -0.3 is 9.84 Å². The van der Waals surface area contributed by atoms with Gasteiger partial charge in [-0.25, -0.2) is 4.39 Å². The Morgan fingerprint density at radius 3 is 3.10 bits per heavy atom. The smallest absolute Gasteiger partial charge is 0.245 e. The average molecular weight is 311 g/mol. The second-order valence-electron chi connectivity index (χ2n) is 4.68. The van der Waals surface area contributed by atoms with Gasteiger partial charge in [0.15, 0.2) is 5.82 Å². The number of aromatic nitrogens is 2. The van der Waals surface area contributed by atoms with Gasteiger partial charge in [-0.1, -0.05) is 28.9 Å². The number of halogens is 2. The highest BCUT2D eigenvalue weighted by molar-refractivity contribution is 6.30. The minimum atomic E-state index is -0.478. The van der Waals surface area contributed by atoms with E-state index in [-0.39, 0.29) is 29.9 Å². The van der Waals surface area contributed by atoms with Gasteiger partial charge in [0.05, 0.1) is 11.6 Å². The van der Waals surface area contributed by atoms with E-state index in [1.54, 1.807) is 12.1 Å². The molecule has 110 valence electrons. The summed E-state index contributed by atoms with van der Waals surface area (Å²) in [4.78, 5) is 15.3. The molecule has 0 aliphatic carbocycles. The second-order valence-corrected chi connectivity index (χ2v) is 5.08. The molecule has 0 spiro atoms. The first-order valence-corrected chi connectivity index (χ1v) is 6.76. The lowest BCUT2D eigenvalue weighted by atomic mass is 10.1. The molecule has 1 unspecified atom stereocenters. The molecule has 1 aliphatic rings. The van der Waals surface area contributed by atoms with Gasteiger partial charge in [-0.2, -0.15) is 4.98 Å². The third-order valence-electron chi connectivity index (χ3n) is 3.17. The van der Waals surface area contributed by atoms with Crippen LogP contribution in [0.5, 0.6) is 0 Å². The molecule has 0 radical (unpaired) electrons. The highest BCUT2D eigenvalue weighted by Crippen LogP contribution is 2.20. The predicted molar refractivity (Wildman–Crippen MR) is 72.3 cm³/mol. The van der Waals surface area contributed by atoms with Crippen molar-refractivity contribution in [3.63, 3.8) is 0 Å². The molecule has 0 bridgehead atoms. The fraction of sp³-hybridized carbons (Fsp3) is 0.308. The molecule has 1 aromatic heterocycles. The van der Waals surface area contributed by atoms with Crippen molar-refractivity contribution in [2.75, 3.05) is 13.1 Å². The van der Waals surface area contributed by atoms with E-state index in [1.165, 1.54) is 6.07 Å². The molecule has 21 heavy (non-hydrogen) atoms. The van der Waals surface area contributed by atoms with Gasteiger partial charge in [0.2, 0.25) is 11.8 Å². The lowest BCUT2D eigenvalue weighted by molar-refractivity contribution is -0.121. The lowest BCUT2D eigenvalue weighted by Crippen LogP contribution is -2.47. The number of hydrogen-bond acceptors (Lipinski definition) is 5. The number of benzene rings is 1. The summed E-state index contributed by atoms with van der Waals surface area (Å²) in [6.45, 7) is 0.581. The molecule has 1 aliphatic heterocycles. The standard InChI is InChI=1S/C13H12ClFN4O2/c14-8-3-1-2-7(12(8)15)4-10-18-13(21-19-10)9-5-17-11(20)6-16-9/h1-3,9,16H,4-6H2,(H,17,20). The van der Waals surface area contributed by atoms with Crippen molar-refractivity contribution in [3.05, 3.63) is 46.3 Å². The van der Waals surface area contributed by atoms with Crippen LogP contribution < -0.4 is 10.6 Å². The van der Waals surface area contributed by atoms with Crippen LogP contribution in [0, 0.1) is 5.82 Å². The summed E-state index contributed by atoms with van der Waals surface area (Å²) in [6, 6.07) is 4.54. The minimum absolute atomic E-state index is 0.0628. The molecule has 1 atom stereocenters. The van der Waals surface area contributed by atoms with Crippen LogP contribution in [-0.4, -0.2) is 29.1 Å². The molecule has 1 fully saturated rings. The number of nitrogens with one attached hydrogen (secondary N) is 2. The molecule has 3 rings (SSSR count). The van der Waals surface area contributed by atoms with Gasteiger partial charge in [-0.15, -0.1) is 0 Å². The number of piperazine rings is 1. The predicted octanol–water partition coefficient (Wildman–Crippen LogP) is 1.21. The number of hydrogen-bond donors (Lipinski definition) is 2. The third-order valence-corrected chi connectivity index (χ3v) is 3.47. The first-order valence-electron chi connectivity index (χ1n) is 6.39. The van der Waals surface area contributed by atoms with Crippen LogP contribution in [0.2, 0.25) is 5.02 Å². The van der Waals surface area contributed by atoms with Crippen LogP contribution in [0.25, 0.3) is 0 Å². The van der Waals surface area contributed by atoms with E-state index in [0.717, 1.165) is 0 Å². The summed E-state index contributed by atoms with van der Waals surface area (Å²) in [5, 5.41) is 9.57. The van der Waals surface area contributed by atoms with Gasteiger partial charge in [-0.3, -0.25) is 10.1 Å². The van der Waals surface area contributed by atoms with Crippen LogP contribution in [0.3, 0.4) is 0 Å². The lowest BCUT2D eigenvalue weighted by Gasteiger charge is -2.20. The molecule has 1 saturated heterocycles. The summed E-state index contributed by atoms with van der Waals surface area (Å²) in [5.74, 6) is 0.179. The third kappa shape index (κ3) is 3.03. The topological polar surface area (TPSA) is 80.1 Å². The molecule has 6 nitrogen and oxygen atoms in total. The Labute approximate surface area is 124 Å². The Balaban J connectivity index is 1.73. The molecule has 8 heteroatoms. The van der Waals surface area contributed by atoms with Gasteiger partial charge in [0, 0.05) is 13.0 Å². The quantitative estimate of drug-likeness (QED) is 0.891. The summed E-state index contributed by atoms with van der Waals surface area (Å²) in [6.07, 6.45) is 0.189. The maximum absolute atomic E-state index is 13.8. The summed E-state index contributed by atoms with van der Waals surface area (Å²) < 4.78 is 19.0. The molecule has 2 N–H and O–H groups in total. The number of amides is 1. The normalized spacial score (nSPS) is 18.6. The number of rotatable bonds is 3. The van der Waals surface area contributed by atoms with Crippen molar-refractivity contribution in [1.29, 1.82) is 0 Å². The molecule has 2 aromatic rings. The molecular formula is C13H12ClFN4O2. The minimum Gasteiger partial charge on any atom is -0.353 e. The van der Waals surface area contributed by atoms with Crippen LogP contribution in [-0.2, 0) is 11.2 Å². The van der Waals surface area contributed by atoms with Crippen molar-refractivity contribution in [2.24, 2.45) is 0 Å². The van der Waals surface area contributed by atoms with Gasteiger partial charge >= 0.3 is 0 Å². The molecular weight excluding hydrogens is 299 g/mol. The Kier molecular flexibility index (Phi) is 3.85. The number of carbonyl (C=O) groups is 1. The highest BCUT2D eigenvalue weighted by atomic mass is 35.5. The second kappa shape index (κ2) is 5.79. The van der Waals surface area contributed by atoms with E-state index < -0.39 is 5.82 Å². The summed E-state index contributed by atoms with van der Waals surface area (Å²) >= 11 is 5.73. The number of nitrogens with zero attached hydrogens (tertiary/aromatic N) is 2. The van der Waals surface area contributed by atoms with E-state index >= 15 is 0 Å². The van der Waals surface area contributed by atoms with Crippen LogP contribution in [0.1, 0.15) is 23.3 Å². The zero-order chi connectivity index (χ0) is 14.8. The van der Waals surface area contributed by atoms with Gasteiger partial charge in [-0.05, 0) is 11.6 Å². The van der Waals surface area contributed by atoms with Gasteiger partial charge in [0.1, 0.15) is 11.9 Å². The van der Waals surface area contributed by atoms with Gasteiger partial charge in [0.25, 0.3) is 0 Å². The Morgan fingerprint density at radius 2 is 2.33 bits per heavy atom. The van der Waals surface area contributed by atoms with E-state index in [2.05, 4.69) is 20.8 Å². The molecule has 2 heterocycles. The zero-order valence-electron chi connectivity index (χ0n) is 10.9.